The first-order chi connectivity index (χ1) is 11.0. The fourth-order valence-corrected chi connectivity index (χ4v) is 2.36. The molecule has 0 aliphatic rings. The Morgan fingerprint density at radius 2 is 1.92 bits per heavy atom. The predicted octanol–water partition coefficient (Wildman–Crippen LogP) is 3.80. The summed E-state index contributed by atoms with van der Waals surface area (Å²) in [6, 6.07) is 4.60. The van der Waals surface area contributed by atoms with Crippen LogP contribution in [0.3, 0.4) is 0 Å². The Hall–Kier alpha value is -1.63. The third-order valence-electron chi connectivity index (χ3n) is 3.18. The maximum absolute atomic E-state index is 13.9. The van der Waals surface area contributed by atoms with E-state index in [1.54, 1.807) is 39.8 Å². The van der Waals surface area contributed by atoms with Crippen molar-refractivity contribution in [2.75, 3.05) is 20.1 Å². The summed E-state index contributed by atoms with van der Waals surface area (Å²) in [6.45, 7) is 7.51. The van der Waals surface area contributed by atoms with E-state index in [2.05, 4.69) is 15.9 Å². The van der Waals surface area contributed by atoms with E-state index in [9.17, 15) is 14.0 Å². The zero-order chi connectivity index (χ0) is 18.5. The lowest BCUT2D eigenvalue weighted by molar-refractivity contribution is -0.132. The van der Waals surface area contributed by atoms with E-state index in [-0.39, 0.29) is 24.8 Å². The topological polar surface area (TPSA) is 49.9 Å². The van der Waals surface area contributed by atoms with Gasteiger partial charge in [0.2, 0.25) is 5.91 Å². The molecule has 1 aromatic rings. The van der Waals surface area contributed by atoms with Crippen molar-refractivity contribution in [1.82, 2.24) is 9.80 Å². The van der Waals surface area contributed by atoms with Gasteiger partial charge >= 0.3 is 6.09 Å². The second kappa shape index (κ2) is 8.46. The zero-order valence-corrected chi connectivity index (χ0v) is 16.3. The molecule has 0 heterocycles. The maximum Gasteiger partial charge on any atom is 0.410 e. The van der Waals surface area contributed by atoms with Crippen molar-refractivity contribution in [2.24, 2.45) is 0 Å². The first kappa shape index (κ1) is 20.4. The lowest BCUT2D eigenvalue weighted by atomic mass is 10.2. The molecule has 0 atom stereocenters. The third kappa shape index (κ3) is 6.47. The summed E-state index contributed by atoms with van der Waals surface area (Å²) in [6.07, 6.45) is -0.569. The van der Waals surface area contributed by atoms with Crippen LogP contribution in [0.25, 0.3) is 0 Å². The van der Waals surface area contributed by atoms with Gasteiger partial charge < -0.3 is 14.5 Å². The van der Waals surface area contributed by atoms with E-state index >= 15 is 0 Å². The molecule has 7 heteroatoms. The lowest BCUT2D eigenvalue weighted by Crippen LogP contribution is -2.42. The minimum atomic E-state index is -0.627. The molecule has 0 aliphatic heterocycles. The molecule has 0 aromatic heterocycles. The molecule has 0 aliphatic carbocycles. The molecule has 1 rings (SSSR count). The van der Waals surface area contributed by atoms with Gasteiger partial charge in [0.1, 0.15) is 18.0 Å². The molecule has 1 aromatic carbocycles. The molecule has 0 spiro atoms. The van der Waals surface area contributed by atoms with E-state index in [0.29, 0.717) is 12.1 Å². The first-order valence-electron chi connectivity index (χ1n) is 7.69. The number of nitrogens with zero attached hydrogens (tertiary/aromatic N) is 2. The summed E-state index contributed by atoms with van der Waals surface area (Å²) in [4.78, 5) is 27.0. The van der Waals surface area contributed by atoms with E-state index in [0.717, 1.165) is 4.47 Å². The average molecular weight is 403 g/mol. The number of hydrogen-bond donors (Lipinski definition) is 0. The number of rotatable bonds is 5. The van der Waals surface area contributed by atoms with Crippen LogP contribution in [0.4, 0.5) is 9.18 Å². The number of carbonyl (C=O) groups is 2. The fraction of sp³-hybridized carbons (Fsp3) is 0.529. The highest BCUT2D eigenvalue weighted by atomic mass is 79.9. The Balaban J connectivity index is 2.73. The van der Waals surface area contributed by atoms with Crippen LogP contribution in [0.15, 0.2) is 22.7 Å². The second-order valence-corrected chi connectivity index (χ2v) is 7.40. The molecule has 0 saturated heterocycles. The summed E-state index contributed by atoms with van der Waals surface area (Å²) in [5.74, 6) is -0.643. The molecule has 5 nitrogen and oxygen atoms in total. The van der Waals surface area contributed by atoms with E-state index in [1.165, 1.54) is 22.9 Å². The van der Waals surface area contributed by atoms with Gasteiger partial charge in [-0.3, -0.25) is 4.79 Å². The van der Waals surface area contributed by atoms with Crippen LogP contribution in [0, 0.1) is 5.82 Å². The monoisotopic (exact) mass is 402 g/mol. The standard InChI is InChI=1S/C17H24BrFN2O3/c1-6-21(10-12-9-13(18)7-8-14(12)19)15(22)11-20(5)16(23)24-17(2,3)4/h7-9H,6,10-11H2,1-5H3. The van der Waals surface area contributed by atoms with Crippen molar-refractivity contribution in [3.05, 3.63) is 34.1 Å². The number of halogens is 2. The average Bonchev–Trinajstić information content (AvgIpc) is 2.46. The van der Waals surface area contributed by atoms with Crippen molar-refractivity contribution >= 4 is 27.9 Å². The molecule has 0 N–H and O–H groups in total. The van der Waals surface area contributed by atoms with Gasteiger partial charge in [0.05, 0.1) is 0 Å². The summed E-state index contributed by atoms with van der Waals surface area (Å²) in [7, 11) is 1.50. The summed E-state index contributed by atoms with van der Waals surface area (Å²) < 4.78 is 19.8. The Kier molecular flexibility index (Phi) is 7.20. The molecule has 0 bridgehead atoms. The van der Waals surface area contributed by atoms with Crippen LogP contribution in [-0.4, -0.2) is 47.5 Å². The molecule has 0 fully saturated rings. The van der Waals surface area contributed by atoms with Crippen LogP contribution >= 0.6 is 15.9 Å². The Bertz CT molecular complexity index is 602. The molecular weight excluding hydrogens is 379 g/mol. The van der Waals surface area contributed by atoms with Gasteiger partial charge in [0.25, 0.3) is 0 Å². The van der Waals surface area contributed by atoms with Crippen LogP contribution in [-0.2, 0) is 16.1 Å². The molecular formula is C17H24BrFN2O3. The van der Waals surface area contributed by atoms with Crippen molar-refractivity contribution < 1.29 is 18.7 Å². The molecule has 0 saturated carbocycles. The van der Waals surface area contributed by atoms with Crippen LogP contribution in [0.5, 0.6) is 0 Å². The van der Waals surface area contributed by atoms with Gasteiger partial charge in [-0.25, -0.2) is 9.18 Å². The predicted molar refractivity (Wildman–Crippen MR) is 94.1 cm³/mol. The van der Waals surface area contributed by atoms with Crippen molar-refractivity contribution in [3.8, 4) is 0 Å². The van der Waals surface area contributed by atoms with Crippen LogP contribution in [0.1, 0.15) is 33.3 Å². The summed E-state index contributed by atoms with van der Waals surface area (Å²) in [5.41, 5.74) is -0.211. The normalized spacial score (nSPS) is 11.1. The minimum absolute atomic E-state index is 0.127. The van der Waals surface area contributed by atoms with E-state index < -0.39 is 11.7 Å². The zero-order valence-electron chi connectivity index (χ0n) is 14.7. The minimum Gasteiger partial charge on any atom is -0.444 e. The Morgan fingerprint density at radius 3 is 2.46 bits per heavy atom. The quantitative estimate of drug-likeness (QED) is 0.752. The molecule has 0 radical (unpaired) electrons. The van der Waals surface area contributed by atoms with Crippen molar-refractivity contribution in [3.63, 3.8) is 0 Å². The number of carbonyl (C=O) groups excluding carboxylic acids is 2. The fourth-order valence-electron chi connectivity index (χ4n) is 1.95. The second-order valence-electron chi connectivity index (χ2n) is 6.48. The van der Waals surface area contributed by atoms with Crippen LogP contribution in [0.2, 0.25) is 0 Å². The highest BCUT2D eigenvalue weighted by molar-refractivity contribution is 9.10. The smallest absolute Gasteiger partial charge is 0.410 e. The largest absolute Gasteiger partial charge is 0.444 e. The van der Waals surface area contributed by atoms with Gasteiger partial charge in [-0.15, -0.1) is 0 Å². The lowest BCUT2D eigenvalue weighted by Gasteiger charge is -2.27. The highest BCUT2D eigenvalue weighted by Crippen LogP contribution is 2.17. The Morgan fingerprint density at radius 1 is 1.29 bits per heavy atom. The van der Waals surface area contributed by atoms with Gasteiger partial charge in [-0.05, 0) is 45.9 Å². The number of likely N-dealkylation sites (N-methyl/N-ethyl adjacent to an activating group) is 2. The molecule has 2 amide bonds. The van der Waals surface area contributed by atoms with E-state index in [1.807, 2.05) is 0 Å². The third-order valence-corrected chi connectivity index (χ3v) is 3.67. The number of ether oxygens (including phenoxy) is 1. The van der Waals surface area contributed by atoms with Crippen molar-refractivity contribution in [1.29, 1.82) is 0 Å². The molecule has 134 valence electrons. The number of amides is 2. The van der Waals surface area contributed by atoms with Gasteiger partial charge in [-0.1, -0.05) is 15.9 Å². The van der Waals surface area contributed by atoms with Crippen LogP contribution < -0.4 is 0 Å². The number of benzene rings is 1. The summed E-state index contributed by atoms with van der Waals surface area (Å²) in [5, 5.41) is 0. The highest BCUT2D eigenvalue weighted by Gasteiger charge is 2.23. The van der Waals surface area contributed by atoms with Crippen molar-refractivity contribution in [2.45, 2.75) is 39.8 Å². The first-order valence-corrected chi connectivity index (χ1v) is 8.48. The Labute approximate surface area is 150 Å². The van der Waals surface area contributed by atoms with Gasteiger partial charge in [0.15, 0.2) is 0 Å². The summed E-state index contributed by atoms with van der Waals surface area (Å²) >= 11 is 3.29. The van der Waals surface area contributed by atoms with Gasteiger partial charge in [-0.2, -0.15) is 0 Å². The molecule has 0 unspecified atom stereocenters. The molecule has 24 heavy (non-hydrogen) atoms. The van der Waals surface area contributed by atoms with Gasteiger partial charge in [0, 0.05) is 30.2 Å². The SMILES string of the molecule is CCN(Cc1cc(Br)ccc1F)C(=O)CN(C)C(=O)OC(C)(C)C. The number of hydrogen-bond acceptors (Lipinski definition) is 3. The maximum atomic E-state index is 13.9. The van der Waals surface area contributed by atoms with E-state index in [4.69, 9.17) is 4.74 Å².